The van der Waals surface area contributed by atoms with Gasteiger partial charge in [-0.2, -0.15) is 4.98 Å². The van der Waals surface area contributed by atoms with Crippen LogP contribution >= 0.6 is 0 Å². The number of pyridine rings is 1. The highest BCUT2D eigenvalue weighted by Crippen LogP contribution is 2.18. The molecule has 8 heteroatoms. The maximum atomic E-state index is 12.5. The summed E-state index contributed by atoms with van der Waals surface area (Å²) in [5, 5.41) is 4.01. The van der Waals surface area contributed by atoms with E-state index in [-0.39, 0.29) is 19.0 Å². The van der Waals surface area contributed by atoms with Gasteiger partial charge < -0.3 is 9.42 Å². The van der Waals surface area contributed by atoms with Gasteiger partial charge in [-0.1, -0.05) is 5.16 Å². The van der Waals surface area contributed by atoms with Crippen LogP contribution in [0.1, 0.15) is 17.1 Å². The van der Waals surface area contributed by atoms with Crippen molar-refractivity contribution in [3.05, 3.63) is 64.3 Å². The molecule has 8 nitrogen and oxygen atoms in total. The number of carbonyl (C=O) groups excluding carboxylic acids is 1. The lowest BCUT2D eigenvalue weighted by Gasteiger charge is -2.17. The van der Waals surface area contributed by atoms with Crippen molar-refractivity contribution >= 4 is 5.91 Å². The summed E-state index contributed by atoms with van der Waals surface area (Å²) in [5.74, 6) is 0.335. The summed E-state index contributed by atoms with van der Waals surface area (Å²) in [4.78, 5) is 33.8. The number of hydrogen-bond acceptors (Lipinski definition) is 6. The van der Waals surface area contributed by atoms with Crippen LogP contribution in [0.3, 0.4) is 0 Å². The molecule has 0 fully saturated rings. The summed E-state index contributed by atoms with van der Waals surface area (Å²) in [6.45, 7) is 3.71. The molecule has 26 heavy (non-hydrogen) atoms. The minimum atomic E-state index is -0.427. The fourth-order valence-corrected chi connectivity index (χ4v) is 2.59. The average Bonchev–Trinajstić information content (AvgIpc) is 3.07. The minimum Gasteiger partial charge on any atom is -0.359 e. The maximum Gasteiger partial charge on any atom is 0.348 e. The zero-order valence-corrected chi connectivity index (χ0v) is 14.8. The number of aryl methyl sites for hydroxylation is 2. The number of nitrogens with zero attached hydrogens (tertiary/aromatic N) is 5. The monoisotopic (exact) mass is 353 g/mol. The van der Waals surface area contributed by atoms with E-state index in [9.17, 15) is 9.59 Å². The summed E-state index contributed by atoms with van der Waals surface area (Å²) < 4.78 is 6.66. The molecule has 1 amide bonds. The quantitative estimate of drug-likeness (QED) is 0.691. The second-order valence-electron chi connectivity index (χ2n) is 6.07. The van der Waals surface area contributed by atoms with Gasteiger partial charge in [0.25, 0.3) is 0 Å². The minimum absolute atomic E-state index is 0.0696. The predicted octanol–water partition coefficient (Wildman–Crippen LogP) is 1.57. The third-order valence-electron chi connectivity index (χ3n) is 3.99. The molecule has 134 valence electrons. The molecule has 3 heterocycles. The van der Waals surface area contributed by atoms with Gasteiger partial charge in [0.1, 0.15) is 12.2 Å². The first-order valence-corrected chi connectivity index (χ1v) is 8.09. The molecule has 0 spiro atoms. The summed E-state index contributed by atoms with van der Waals surface area (Å²) in [6.07, 6.45) is 3.35. The number of rotatable bonds is 5. The van der Waals surface area contributed by atoms with Crippen LogP contribution in [0.25, 0.3) is 11.3 Å². The highest BCUT2D eigenvalue weighted by atomic mass is 16.5. The van der Waals surface area contributed by atoms with Gasteiger partial charge in [-0.15, -0.1) is 0 Å². The van der Waals surface area contributed by atoms with E-state index in [1.54, 1.807) is 45.4 Å². The molecule has 0 N–H and O–H groups in total. The van der Waals surface area contributed by atoms with E-state index in [4.69, 9.17) is 4.52 Å². The molecule has 0 radical (unpaired) electrons. The number of likely N-dealkylation sites (N-methyl/N-ethyl adjacent to an activating group) is 1. The van der Waals surface area contributed by atoms with Crippen molar-refractivity contribution in [1.82, 2.24) is 24.6 Å². The standard InChI is InChI=1S/C18H19N5O3/c1-12-8-13(2)23(18(25)20-12)11-17(24)22(3)10-15-9-16(21-26-15)14-4-6-19-7-5-14/h4-9H,10-11H2,1-3H3. The Bertz CT molecular complexity index is 978. The number of hydrogen-bond donors (Lipinski definition) is 0. The fourth-order valence-electron chi connectivity index (χ4n) is 2.59. The Kier molecular flexibility index (Phi) is 4.92. The van der Waals surface area contributed by atoms with Crippen LogP contribution < -0.4 is 5.69 Å². The maximum absolute atomic E-state index is 12.5. The highest BCUT2D eigenvalue weighted by Gasteiger charge is 2.15. The molecule has 0 aromatic carbocycles. The van der Waals surface area contributed by atoms with Gasteiger partial charge in [0.2, 0.25) is 5.91 Å². The van der Waals surface area contributed by atoms with Gasteiger partial charge in [0, 0.05) is 42.5 Å². The molecule has 0 atom stereocenters. The summed E-state index contributed by atoms with van der Waals surface area (Å²) >= 11 is 0. The molecule has 0 bridgehead atoms. The zero-order chi connectivity index (χ0) is 18.7. The van der Waals surface area contributed by atoms with Crippen molar-refractivity contribution in [2.24, 2.45) is 0 Å². The van der Waals surface area contributed by atoms with Gasteiger partial charge in [-0.3, -0.25) is 14.3 Å². The molecule has 0 saturated carbocycles. The van der Waals surface area contributed by atoms with Gasteiger partial charge in [-0.25, -0.2) is 4.79 Å². The fraction of sp³-hybridized carbons (Fsp3) is 0.278. The zero-order valence-electron chi connectivity index (χ0n) is 14.8. The van der Waals surface area contributed by atoms with E-state index in [1.807, 2.05) is 12.1 Å². The summed E-state index contributed by atoms with van der Waals surface area (Å²) in [5.41, 5.74) is 2.47. The lowest BCUT2D eigenvalue weighted by Crippen LogP contribution is -2.35. The highest BCUT2D eigenvalue weighted by molar-refractivity contribution is 5.75. The molecule has 0 aliphatic heterocycles. The number of carbonyl (C=O) groups is 1. The SMILES string of the molecule is Cc1cc(C)n(CC(=O)N(C)Cc2cc(-c3ccncc3)no2)c(=O)n1. The second kappa shape index (κ2) is 7.30. The average molecular weight is 353 g/mol. The largest absolute Gasteiger partial charge is 0.359 e. The van der Waals surface area contributed by atoms with Crippen molar-refractivity contribution in [3.63, 3.8) is 0 Å². The smallest absolute Gasteiger partial charge is 0.348 e. The van der Waals surface area contributed by atoms with Crippen molar-refractivity contribution < 1.29 is 9.32 Å². The molecular weight excluding hydrogens is 334 g/mol. The van der Waals surface area contributed by atoms with Crippen LogP contribution in [0.4, 0.5) is 0 Å². The Morgan fingerprint density at radius 1 is 1.23 bits per heavy atom. The summed E-state index contributed by atoms with van der Waals surface area (Å²) in [7, 11) is 1.65. The normalized spacial score (nSPS) is 10.7. The Labute approximate surface area is 150 Å². The summed E-state index contributed by atoms with van der Waals surface area (Å²) in [6, 6.07) is 7.21. The lowest BCUT2D eigenvalue weighted by atomic mass is 10.2. The second-order valence-corrected chi connectivity index (χ2v) is 6.07. The van der Waals surface area contributed by atoms with Crippen LogP contribution in [0.5, 0.6) is 0 Å². The predicted molar refractivity (Wildman–Crippen MR) is 94.2 cm³/mol. The van der Waals surface area contributed by atoms with Crippen molar-refractivity contribution in [2.45, 2.75) is 26.9 Å². The molecule has 3 aromatic heterocycles. The molecule has 3 rings (SSSR count). The van der Waals surface area contributed by atoms with Crippen molar-refractivity contribution in [1.29, 1.82) is 0 Å². The van der Waals surface area contributed by atoms with Gasteiger partial charge in [-0.05, 0) is 32.0 Å². The Morgan fingerprint density at radius 2 is 1.96 bits per heavy atom. The van der Waals surface area contributed by atoms with Gasteiger partial charge >= 0.3 is 5.69 Å². The Hall–Kier alpha value is -3.29. The topological polar surface area (TPSA) is 94.1 Å². The van der Waals surface area contributed by atoms with Gasteiger partial charge in [0.05, 0.1) is 6.54 Å². The van der Waals surface area contributed by atoms with E-state index in [1.165, 1.54) is 9.47 Å². The molecule has 3 aromatic rings. The van der Waals surface area contributed by atoms with Gasteiger partial charge in [0.15, 0.2) is 5.76 Å². The van der Waals surface area contributed by atoms with E-state index in [0.29, 0.717) is 22.8 Å². The Morgan fingerprint density at radius 3 is 2.65 bits per heavy atom. The third-order valence-corrected chi connectivity index (χ3v) is 3.99. The van der Waals surface area contributed by atoms with E-state index in [0.717, 1.165) is 5.56 Å². The first-order chi connectivity index (χ1) is 12.4. The van der Waals surface area contributed by atoms with Crippen molar-refractivity contribution in [3.8, 4) is 11.3 Å². The number of aromatic nitrogens is 4. The molecule has 0 aliphatic rings. The van der Waals surface area contributed by atoms with Crippen LogP contribution in [-0.4, -0.2) is 37.5 Å². The van der Waals surface area contributed by atoms with E-state index in [2.05, 4.69) is 15.1 Å². The molecular formula is C18H19N5O3. The first-order valence-electron chi connectivity index (χ1n) is 8.09. The van der Waals surface area contributed by atoms with Crippen LogP contribution in [0, 0.1) is 13.8 Å². The van der Waals surface area contributed by atoms with Crippen LogP contribution in [-0.2, 0) is 17.9 Å². The first kappa shape index (κ1) is 17.5. The lowest BCUT2D eigenvalue weighted by molar-refractivity contribution is -0.131. The Balaban J connectivity index is 1.69. The molecule has 0 saturated heterocycles. The third kappa shape index (κ3) is 3.85. The molecule has 0 aliphatic carbocycles. The molecule has 0 unspecified atom stereocenters. The van der Waals surface area contributed by atoms with E-state index < -0.39 is 5.69 Å². The van der Waals surface area contributed by atoms with E-state index >= 15 is 0 Å². The number of amides is 1. The van der Waals surface area contributed by atoms with Crippen LogP contribution in [0.2, 0.25) is 0 Å². The van der Waals surface area contributed by atoms with Crippen molar-refractivity contribution in [2.75, 3.05) is 7.05 Å². The van der Waals surface area contributed by atoms with Crippen LogP contribution in [0.15, 0.2) is 46.0 Å².